The Labute approximate surface area is 125 Å². The fraction of sp³-hybridized carbons (Fsp3) is 0.533. The van der Waals surface area contributed by atoms with E-state index in [1.807, 2.05) is 37.3 Å². The molecule has 0 aromatic heterocycles. The van der Waals surface area contributed by atoms with Crippen molar-refractivity contribution >= 4 is 5.91 Å². The fourth-order valence-corrected chi connectivity index (χ4v) is 2.29. The number of carbonyl (C=O) groups is 1. The Morgan fingerprint density at radius 2 is 2.14 bits per heavy atom. The molecular weight excluding hydrogens is 272 g/mol. The smallest absolute Gasteiger partial charge is 0.265 e. The van der Waals surface area contributed by atoms with Crippen LogP contribution in [-0.4, -0.2) is 49.1 Å². The molecule has 116 valence electrons. The number of benzene rings is 1. The minimum absolute atomic E-state index is 0.143. The number of amides is 1. The lowest BCUT2D eigenvalue weighted by Crippen LogP contribution is -2.42. The summed E-state index contributed by atoms with van der Waals surface area (Å²) in [5.41, 5.74) is 1.08. The maximum Gasteiger partial charge on any atom is 0.265 e. The van der Waals surface area contributed by atoms with Gasteiger partial charge in [-0.25, -0.2) is 5.06 Å². The summed E-state index contributed by atoms with van der Waals surface area (Å²) in [7, 11) is 3.06. The highest BCUT2D eigenvalue weighted by Crippen LogP contribution is 2.25. The Balaban J connectivity index is 2.09. The third-order valence-electron chi connectivity index (χ3n) is 3.42. The summed E-state index contributed by atoms with van der Waals surface area (Å²) in [6.07, 6.45) is 0.102. The van der Waals surface area contributed by atoms with Crippen LogP contribution >= 0.6 is 0 Å². The normalized spacial score (nSPS) is 22.4. The second-order valence-corrected chi connectivity index (χ2v) is 4.82. The SMILES string of the molecule is CCO[C@@H]1C[C@@H](C(=O)N(C)OC)N(Cc2ccccc2)O1. The molecule has 0 N–H and O–H groups in total. The zero-order valence-corrected chi connectivity index (χ0v) is 12.7. The average molecular weight is 294 g/mol. The first-order valence-electron chi connectivity index (χ1n) is 7.06. The first-order valence-corrected chi connectivity index (χ1v) is 7.06. The van der Waals surface area contributed by atoms with Crippen LogP contribution in [0.25, 0.3) is 0 Å². The Hall–Kier alpha value is -1.47. The molecule has 0 unspecified atom stereocenters. The molecule has 0 aliphatic carbocycles. The summed E-state index contributed by atoms with van der Waals surface area (Å²) in [5, 5.41) is 2.90. The summed E-state index contributed by atoms with van der Waals surface area (Å²) in [4.78, 5) is 23.1. The van der Waals surface area contributed by atoms with E-state index in [1.165, 1.54) is 12.2 Å². The molecule has 1 aromatic carbocycles. The van der Waals surface area contributed by atoms with Crippen LogP contribution in [-0.2, 0) is 25.8 Å². The van der Waals surface area contributed by atoms with E-state index in [0.717, 1.165) is 5.56 Å². The number of rotatable bonds is 6. The maximum atomic E-state index is 12.4. The first-order chi connectivity index (χ1) is 10.2. The number of likely N-dealkylation sites (N-methyl/N-ethyl adjacent to an activating group) is 1. The fourth-order valence-electron chi connectivity index (χ4n) is 2.29. The zero-order valence-electron chi connectivity index (χ0n) is 12.7. The molecule has 1 fully saturated rings. The third-order valence-corrected chi connectivity index (χ3v) is 3.42. The van der Waals surface area contributed by atoms with Crippen molar-refractivity contribution in [3.05, 3.63) is 35.9 Å². The summed E-state index contributed by atoms with van der Waals surface area (Å²) < 4.78 is 5.49. The van der Waals surface area contributed by atoms with Crippen molar-refractivity contribution < 1.29 is 19.2 Å². The number of hydrogen-bond acceptors (Lipinski definition) is 5. The van der Waals surface area contributed by atoms with E-state index in [1.54, 1.807) is 12.1 Å². The lowest BCUT2D eigenvalue weighted by atomic mass is 10.1. The summed E-state index contributed by atoms with van der Waals surface area (Å²) in [6.45, 7) is 2.98. The summed E-state index contributed by atoms with van der Waals surface area (Å²) in [6, 6.07) is 9.47. The van der Waals surface area contributed by atoms with Crippen LogP contribution in [0.5, 0.6) is 0 Å². The van der Waals surface area contributed by atoms with Gasteiger partial charge in [0.05, 0.1) is 13.7 Å². The van der Waals surface area contributed by atoms with Crippen LogP contribution in [0.15, 0.2) is 30.3 Å². The second-order valence-electron chi connectivity index (χ2n) is 4.82. The van der Waals surface area contributed by atoms with Crippen molar-refractivity contribution in [1.82, 2.24) is 10.1 Å². The highest BCUT2D eigenvalue weighted by atomic mass is 16.8. The van der Waals surface area contributed by atoms with Gasteiger partial charge in [-0.2, -0.15) is 5.06 Å². The zero-order chi connectivity index (χ0) is 15.2. The van der Waals surface area contributed by atoms with Crippen LogP contribution < -0.4 is 0 Å². The van der Waals surface area contributed by atoms with Crippen molar-refractivity contribution in [1.29, 1.82) is 0 Å². The van der Waals surface area contributed by atoms with Crippen molar-refractivity contribution in [2.24, 2.45) is 0 Å². The second kappa shape index (κ2) is 7.51. The summed E-state index contributed by atoms with van der Waals surface area (Å²) >= 11 is 0. The van der Waals surface area contributed by atoms with Crippen molar-refractivity contribution in [2.45, 2.75) is 32.2 Å². The molecule has 1 saturated heterocycles. The van der Waals surface area contributed by atoms with Gasteiger partial charge in [0, 0.05) is 20.1 Å². The number of ether oxygens (including phenoxy) is 1. The Bertz CT molecular complexity index is 454. The Kier molecular flexibility index (Phi) is 5.69. The van der Waals surface area contributed by atoms with Crippen molar-refractivity contribution in [2.75, 3.05) is 20.8 Å². The predicted octanol–water partition coefficient (Wildman–Crippen LogP) is 1.57. The highest BCUT2D eigenvalue weighted by Gasteiger charge is 2.40. The van der Waals surface area contributed by atoms with Gasteiger partial charge in [-0.15, -0.1) is 0 Å². The monoisotopic (exact) mass is 294 g/mol. The standard InChI is InChI=1S/C15H22N2O4/c1-4-20-14-10-13(15(18)16(2)19-3)17(21-14)11-12-8-6-5-7-9-12/h5-9,13-14H,4,10-11H2,1-3H3/t13-,14-/m0/s1. The van der Waals surface area contributed by atoms with Crippen LogP contribution in [0.1, 0.15) is 18.9 Å². The molecule has 2 rings (SSSR count). The minimum Gasteiger partial charge on any atom is -0.351 e. The van der Waals surface area contributed by atoms with E-state index in [0.29, 0.717) is 19.6 Å². The average Bonchev–Trinajstić information content (AvgIpc) is 2.89. The van der Waals surface area contributed by atoms with Crippen LogP contribution in [0, 0.1) is 0 Å². The topological polar surface area (TPSA) is 51.2 Å². The van der Waals surface area contributed by atoms with E-state index in [4.69, 9.17) is 14.4 Å². The molecule has 0 radical (unpaired) electrons. The molecule has 21 heavy (non-hydrogen) atoms. The largest absolute Gasteiger partial charge is 0.351 e. The molecule has 0 spiro atoms. The Morgan fingerprint density at radius 3 is 2.76 bits per heavy atom. The highest BCUT2D eigenvalue weighted by molar-refractivity contribution is 5.80. The van der Waals surface area contributed by atoms with Gasteiger partial charge in [-0.05, 0) is 12.5 Å². The molecule has 1 aliphatic heterocycles. The maximum absolute atomic E-state index is 12.4. The molecule has 1 heterocycles. The van der Waals surface area contributed by atoms with Crippen molar-refractivity contribution in [3.63, 3.8) is 0 Å². The molecule has 2 atom stereocenters. The van der Waals surface area contributed by atoms with E-state index in [2.05, 4.69) is 0 Å². The number of carbonyl (C=O) groups excluding carboxylic acids is 1. The molecule has 6 nitrogen and oxygen atoms in total. The summed E-state index contributed by atoms with van der Waals surface area (Å²) in [5.74, 6) is -0.143. The molecule has 6 heteroatoms. The van der Waals surface area contributed by atoms with Gasteiger partial charge >= 0.3 is 0 Å². The number of hydrogen-bond donors (Lipinski definition) is 0. The van der Waals surface area contributed by atoms with Gasteiger partial charge in [0.25, 0.3) is 5.91 Å². The molecule has 1 aliphatic rings. The molecule has 0 bridgehead atoms. The predicted molar refractivity (Wildman–Crippen MR) is 76.7 cm³/mol. The van der Waals surface area contributed by atoms with Crippen LogP contribution in [0.2, 0.25) is 0 Å². The van der Waals surface area contributed by atoms with Gasteiger partial charge in [0.15, 0.2) is 6.29 Å². The van der Waals surface area contributed by atoms with Gasteiger partial charge in [-0.1, -0.05) is 30.3 Å². The van der Waals surface area contributed by atoms with Crippen LogP contribution in [0.3, 0.4) is 0 Å². The van der Waals surface area contributed by atoms with Gasteiger partial charge in [-0.3, -0.25) is 14.5 Å². The lowest BCUT2D eigenvalue weighted by Gasteiger charge is -2.24. The van der Waals surface area contributed by atoms with Crippen LogP contribution in [0.4, 0.5) is 0 Å². The quantitative estimate of drug-likeness (QED) is 0.746. The van der Waals surface area contributed by atoms with Gasteiger partial charge < -0.3 is 4.74 Å². The lowest BCUT2D eigenvalue weighted by molar-refractivity contribution is -0.245. The van der Waals surface area contributed by atoms with Crippen molar-refractivity contribution in [3.8, 4) is 0 Å². The number of hydroxylamine groups is 4. The first kappa shape index (κ1) is 15.9. The minimum atomic E-state index is -0.410. The molecular formula is C15H22N2O4. The van der Waals surface area contributed by atoms with E-state index >= 15 is 0 Å². The molecule has 0 saturated carbocycles. The van der Waals surface area contributed by atoms with Gasteiger partial charge in [0.1, 0.15) is 6.04 Å². The Morgan fingerprint density at radius 1 is 1.43 bits per heavy atom. The van der Waals surface area contributed by atoms with Gasteiger partial charge in [0.2, 0.25) is 0 Å². The third kappa shape index (κ3) is 4.01. The van der Waals surface area contributed by atoms with E-state index in [-0.39, 0.29) is 5.91 Å². The van der Waals surface area contributed by atoms with E-state index < -0.39 is 12.3 Å². The number of nitrogens with zero attached hydrogens (tertiary/aromatic N) is 2. The molecule has 1 amide bonds. The molecule has 1 aromatic rings. The van der Waals surface area contributed by atoms with E-state index in [9.17, 15) is 4.79 Å².